The molecular weight excluding hydrogens is 369 g/mol. The van der Waals surface area contributed by atoms with Gasteiger partial charge in [-0.3, -0.25) is 4.79 Å². The molecule has 1 atom stereocenters. The molecule has 1 unspecified atom stereocenters. The lowest BCUT2D eigenvalue weighted by Gasteiger charge is -2.37. The van der Waals surface area contributed by atoms with Gasteiger partial charge in [0.15, 0.2) is 5.69 Å². The van der Waals surface area contributed by atoms with Crippen LogP contribution < -0.4 is 5.32 Å². The van der Waals surface area contributed by atoms with Gasteiger partial charge in [0.05, 0.1) is 4.43 Å². The summed E-state index contributed by atoms with van der Waals surface area (Å²) in [7, 11) is 2.12. The van der Waals surface area contributed by atoms with Crippen molar-refractivity contribution in [3.63, 3.8) is 0 Å². The number of nitrogens with one attached hydrogen (secondary N) is 1. The Morgan fingerprint density at radius 2 is 2.25 bits per heavy atom. The first-order valence-corrected chi connectivity index (χ1v) is 8.50. The van der Waals surface area contributed by atoms with E-state index in [2.05, 4.69) is 65.8 Å². The minimum Gasteiger partial charge on any atom is -0.360 e. The Morgan fingerprint density at radius 1 is 1.55 bits per heavy atom. The number of hydrogen-bond donors (Lipinski definition) is 1. The molecule has 0 aliphatic carbocycles. The Morgan fingerprint density at radius 3 is 2.75 bits per heavy atom. The molecule has 1 rings (SSSR count). The molecule has 20 heavy (non-hydrogen) atoms. The van der Waals surface area contributed by atoms with E-state index < -0.39 is 0 Å². The molecular formula is C14H24IN3O2. The maximum atomic E-state index is 11.9. The fourth-order valence-electron chi connectivity index (χ4n) is 2.04. The number of carbonyl (C=O) groups is 1. The maximum Gasteiger partial charge on any atom is 0.273 e. The zero-order valence-corrected chi connectivity index (χ0v) is 14.9. The van der Waals surface area contributed by atoms with Crippen LogP contribution in [0.15, 0.2) is 10.6 Å². The zero-order valence-electron chi connectivity index (χ0n) is 12.7. The number of aromatic nitrogens is 1. The average molecular weight is 393 g/mol. The minimum atomic E-state index is -0.164. The SMILES string of the molecule is CCN(C)C(C)(CC)CCNC(=O)c1cc(CI)on1. The highest BCUT2D eigenvalue weighted by Crippen LogP contribution is 2.21. The summed E-state index contributed by atoms with van der Waals surface area (Å²) < 4.78 is 5.75. The molecule has 0 saturated heterocycles. The van der Waals surface area contributed by atoms with Crippen LogP contribution in [0.4, 0.5) is 0 Å². The Bertz CT molecular complexity index is 436. The lowest BCUT2D eigenvalue weighted by Crippen LogP contribution is -2.45. The number of hydrogen-bond acceptors (Lipinski definition) is 4. The van der Waals surface area contributed by atoms with E-state index in [1.807, 2.05) is 0 Å². The van der Waals surface area contributed by atoms with Crippen molar-refractivity contribution in [1.29, 1.82) is 0 Å². The number of nitrogens with zero attached hydrogens (tertiary/aromatic N) is 2. The first kappa shape index (κ1) is 17.4. The van der Waals surface area contributed by atoms with Crippen LogP contribution in [0.1, 0.15) is 49.9 Å². The molecule has 0 aromatic carbocycles. The largest absolute Gasteiger partial charge is 0.360 e. The molecule has 0 bridgehead atoms. The first-order valence-electron chi connectivity index (χ1n) is 6.97. The summed E-state index contributed by atoms with van der Waals surface area (Å²) in [4.78, 5) is 14.3. The molecule has 0 fully saturated rings. The van der Waals surface area contributed by atoms with Crippen LogP contribution in [0.3, 0.4) is 0 Å². The Hall–Kier alpha value is -0.630. The van der Waals surface area contributed by atoms with E-state index in [-0.39, 0.29) is 11.4 Å². The van der Waals surface area contributed by atoms with Gasteiger partial charge in [0, 0.05) is 18.2 Å². The van der Waals surface area contributed by atoms with Crippen molar-refractivity contribution >= 4 is 28.5 Å². The van der Waals surface area contributed by atoms with Gasteiger partial charge in [-0.2, -0.15) is 0 Å². The number of rotatable bonds is 8. The summed E-state index contributed by atoms with van der Waals surface area (Å²) in [5, 5.41) is 6.69. The molecule has 1 heterocycles. The van der Waals surface area contributed by atoms with Crippen LogP contribution in [0.5, 0.6) is 0 Å². The third-order valence-corrected chi connectivity index (χ3v) is 4.78. The van der Waals surface area contributed by atoms with Crippen molar-refractivity contribution in [3.8, 4) is 0 Å². The molecule has 114 valence electrons. The van der Waals surface area contributed by atoms with E-state index in [4.69, 9.17) is 4.52 Å². The van der Waals surface area contributed by atoms with Crippen molar-refractivity contribution in [2.24, 2.45) is 0 Å². The van der Waals surface area contributed by atoms with Gasteiger partial charge in [-0.15, -0.1) is 0 Å². The second-order valence-corrected chi connectivity index (χ2v) is 5.95. The lowest BCUT2D eigenvalue weighted by atomic mass is 9.92. The van der Waals surface area contributed by atoms with Gasteiger partial charge in [-0.05, 0) is 33.4 Å². The molecule has 1 aromatic rings. The second-order valence-electron chi connectivity index (χ2n) is 5.18. The molecule has 0 aliphatic heterocycles. The normalized spacial score (nSPS) is 14.3. The van der Waals surface area contributed by atoms with Gasteiger partial charge >= 0.3 is 0 Å². The first-order chi connectivity index (χ1) is 9.46. The van der Waals surface area contributed by atoms with Crippen LogP contribution >= 0.6 is 22.6 Å². The monoisotopic (exact) mass is 393 g/mol. The zero-order chi connectivity index (χ0) is 15.2. The predicted octanol–water partition coefficient (Wildman–Crippen LogP) is 2.85. The van der Waals surface area contributed by atoms with Crippen molar-refractivity contribution in [1.82, 2.24) is 15.4 Å². The molecule has 1 aromatic heterocycles. The molecule has 5 nitrogen and oxygen atoms in total. The van der Waals surface area contributed by atoms with Crippen molar-refractivity contribution in [3.05, 3.63) is 17.5 Å². The van der Waals surface area contributed by atoms with Gasteiger partial charge < -0.3 is 14.7 Å². The fraction of sp³-hybridized carbons (Fsp3) is 0.714. The van der Waals surface area contributed by atoms with E-state index >= 15 is 0 Å². The van der Waals surface area contributed by atoms with E-state index in [1.54, 1.807) is 6.07 Å². The van der Waals surface area contributed by atoms with Crippen LogP contribution in [0, 0.1) is 0 Å². The Balaban J connectivity index is 2.48. The summed E-state index contributed by atoms with van der Waals surface area (Å²) in [5.41, 5.74) is 0.470. The quantitative estimate of drug-likeness (QED) is 0.545. The van der Waals surface area contributed by atoms with Crippen LogP contribution in [-0.2, 0) is 4.43 Å². The topological polar surface area (TPSA) is 58.4 Å². The van der Waals surface area contributed by atoms with E-state index in [1.165, 1.54) is 0 Å². The number of alkyl halides is 1. The summed E-state index contributed by atoms with van der Waals surface area (Å²) in [6, 6.07) is 1.69. The average Bonchev–Trinajstić information content (AvgIpc) is 2.94. The smallest absolute Gasteiger partial charge is 0.273 e. The standard InChI is InChI=1S/C14H24IN3O2/c1-5-14(3,18(4)6-2)7-8-16-13(19)12-9-11(10-15)20-17-12/h9H,5-8,10H2,1-4H3,(H,16,19). The maximum absolute atomic E-state index is 11.9. The summed E-state index contributed by atoms with van der Waals surface area (Å²) >= 11 is 2.17. The highest BCUT2D eigenvalue weighted by Gasteiger charge is 2.26. The molecule has 0 aliphatic rings. The van der Waals surface area contributed by atoms with Crippen LogP contribution in [0.2, 0.25) is 0 Å². The third-order valence-electron chi connectivity index (χ3n) is 4.03. The predicted molar refractivity (Wildman–Crippen MR) is 88.2 cm³/mol. The number of amides is 1. The molecule has 0 spiro atoms. The Kier molecular flexibility index (Phi) is 6.94. The van der Waals surface area contributed by atoms with Gasteiger partial charge in [0.2, 0.25) is 0 Å². The van der Waals surface area contributed by atoms with Crippen LogP contribution in [-0.4, -0.2) is 41.6 Å². The lowest BCUT2D eigenvalue weighted by molar-refractivity contribution is 0.0919. The van der Waals surface area contributed by atoms with E-state index in [0.29, 0.717) is 16.7 Å². The molecule has 1 N–H and O–H groups in total. The summed E-state index contributed by atoms with van der Waals surface area (Å²) in [6.07, 6.45) is 1.97. The van der Waals surface area contributed by atoms with Crippen molar-refractivity contribution in [2.45, 2.75) is 43.6 Å². The summed E-state index contributed by atoms with van der Waals surface area (Å²) in [5.74, 6) is 0.558. The van der Waals surface area contributed by atoms with Crippen molar-refractivity contribution in [2.75, 3.05) is 20.1 Å². The number of carbonyl (C=O) groups excluding carboxylic acids is 1. The second kappa shape index (κ2) is 7.97. The van der Waals surface area contributed by atoms with Gasteiger partial charge in [-0.25, -0.2) is 0 Å². The van der Waals surface area contributed by atoms with E-state index in [9.17, 15) is 4.79 Å². The molecule has 1 amide bonds. The fourth-order valence-corrected chi connectivity index (χ4v) is 2.40. The van der Waals surface area contributed by atoms with E-state index in [0.717, 1.165) is 25.1 Å². The molecule has 0 radical (unpaired) electrons. The molecule has 6 heteroatoms. The van der Waals surface area contributed by atoms with Crippen molar-refractivity contribution < 1.29 is 9.32 Å². The van der Waals surface area contributed by atoms with Gasteiger partial charge in [0.25, 0.3) is 5.91 Å². The van der Waals surface area contributed by atoms with Crippen LogP contribution in [0.25, 0.3) is 0 Å². The Labute approximate surface area is 134 Å². The summed E-state index contributed by atoms with van der Waals surface area (Å²) in [6.45, 7) is 8.19. The van der Waals surface area contributed by atoms with Gasteiger partial charge in [-0.1, -0.05) is 41.6 Å². The molecule has 0 saturated carbocycles. The number of halogens is 1. The van der Waals surface area contributed by atoms with Gasteiger partial charge in [0.1, 0.15) is 5.76 Å². The third kappa shape index (κ3) is 4.44. The minimum absolute atomic E-state index is 0.110. The highest BCUT2D eigenvalue weighted by molar-refractivity contribution is 14.1. The highest BCUT2D eigenvalue weighted by atomic mass is 127.